The summed E-state index contributed by atoms with van der Waals surface area (Å²) >= 11 is 16.1. The Kier molecular flexibility index (Phi) is 5.83. The zero-order valence-corrected chi connectivity index (χ0v) is 13.8. The standard InChI is InChI=1S/C15H13ClN4S2/c16-11-6-8-12(9-7-11)18-14(21)13(19-20-15(17)22)10-4-2-1-3-5-10/h1-9H,(H,18,21)(H3,17,20,22)/b19-13+. The summed E-state index contributed by atoms with van der Waals surface area (Å²) < 4.78 is 0. The molecule has 112 valence electrons. The molecule has 0 atom stereocenters. The van der Waals surface area contributed by atoms with Gasteiger partial charge in [-0.1, -0.05) is 54.2 Å². The predicted molar refractivity (Wildman–Crippen MR) is 101 cm³/mol. The first-order valence-electron chi connectivity index (χ1n) is 6.32. The number of anilines is 1. The van der Waals surface area contributed by atoms with E-state index in [-0.39, 0.29) is 5.11 Å². The van der Waals surface area contributed by atoms with E-state index in [9.17, 15) is 0 Å². The molecule has 2 aromatic rings. The third kappa shape index (κ3) is 4.77. The maximum absolute atomic E-state index is 5.87. The van der Waals surface area contributed by atoms with Gasteiger partial charge in [0.1, 0.15) is 10.7 Å². The topological polar surface area (TPSA) is 62.4 Å². The second-order valence-electron chi connectivity index (χ2n) is 4.26. The molecule has 7 heteroatoms. The lowest BCUT2D eigenvalue weighted by Gasteiger charge is -2.11. The maximum atomic E-state index is 5.87. The molecule has 4 nitrogen and oxygen atoms in total. The minimum atomic E-state index is 0.0720. The number of rotatable bonds is 4. The summed E-state index contributed by atoms with van der Waals surface area (Å²) in [5.74, 6) is 0. The van der Waals surface area contributed by atoms with E-state index in [1.165, 1.54) is 0 Å². The zero-order valence-electron chi connectivity index (χ0n) is 11.4. The van der Waals surface area contributed by atoms with E-state index in [0.29, 0.717) is 15.7 Å². The van der Waals surface area contributed by atoms with Crippen molar-refractivity contribution in [1.82, 2.24) is 5.43 Å². The van der Waals surface area contributed by atoms with E-state index < -0.39 is 0 Å². The van der Waals surface area contributed by atoms with Crippen LogP contribution in [0.2, 0.25) is 5.02 Å². The largest absolute Gasteiger partial charge is 0.375 e. The van der Waals surface area contributed by atoms with Gasteiger partial charge in [-0.2, -0.15) is 5.10 Å². The summed E-state index contributed by atoms with van der Waals surface area (Å²) in [6.07, 6.45) is 0. The molecule has 0 unspecified atom stereocenters. The second-order valence-corrected chi connectivity index (χ2v) is 5.55. The predicted octanol–water partition coefficient (Wildman–Crippen LogP) is 3.32. The zero-order chi connectivity index (χ0) is 15.9. The highest BCUT2D eigenvalue weighted by Gasteiger charge is 2.10. The average Bonchev–Trinajstić information content (AvgIpc) is 2.50. The molecular weight excluding hydrogens is 336 g/mol. The van der Waals surface area contributed by atoms with E-state index in [0.717, 1.165) is 11.3 Å². The van der Waals surface area contributed by atoms with E-state index >= 15 is 0 Å². The minimum absolute atomic E-state index is 0.0720. The molecule has 22 heavy (non-hydrogen) atoms. The molecular formula is C15H13ClN4S2. The van der Waals surface area contributed by atoms with E-state index in [2.05, 4.69) is 15.8 Å². The van der Waals surface area contributed by atoms with Gasteiger partial charge in [0, 0.05) is 16.3 Å². The maximum Gasteiger partial charge on any atom is 0.184 e. The fraction of sp³-hybridized carbons (Fsp3) is 0. The molecule has 0 saturated carbocycles. The smallest absolute Gasteiger partial charge is 0.184 e. The lowest BCUT2D eigenvalue weighted by molar-refractivity contribution is 1.04. The van der Waals surface area contributed by atoms with Crippen molar-refractivity contribution >= 4 is 57.5 Å². The molecule has 4 N–H and O–H groups in total. The Hall–Kier alpha value is -2.02. The van der Waals surface area contributed by atoms with Gasteiger partial charge in [-0.3, -0.25) is 5.43 Å². The number of nitrogens with one attached hydrogen (secondary N) is 2. The quantitative estimate of drug-likeness (QED) is 0.449. The Morgan fingerprint density at radius 2 is 1.64 bits per heavy atom. The third-order valence-electron chi connectivity index (χ3n) is 2.64. The van der Waals surface area contributed by atoms with E-state index in [1.54, 1.807) is 12.1 Å². The van der Waals surface area contributed by atoms with Crippen molar-refractivity contribution in [3.63, 3.8) is 0 Å². The summed E-state index contributed by atoms with van der Waals surface area (Å²) in [5, 5.41) is 8.02. The summed E-state index contributed by atoms with van der Waals surface area (Å²) in [4.78, 5) is 0.442. The fourth-order valence-corrected chi connectivity index (χ4v) is 2.13. The molecule has 0 aliphatic rings. The fourth-order valence-electron chi connectivity index (χ4n) is 1.68. The summed E-state index contributed by atoms with van der Waals surface area (Å²) in [6, 6.07) is 16.7. The Balaban J connectivity index is 2.24. The van der Waals surface area contributed by atoms with Crippen LogP contribution >= 0.6 is 36.0 Å². The van der Waals surface area contributed by atoms with Crippen LogP contribution in [0.1, 0.15) is 5.56 Å². The Morgan fingerprint density at radius 3 is 2.23 bits per heavy atom. The van der Waals surface area contributed by atoms with Crippen molar-refractivity contribution in [2.75, 3.05) is 5.32 Å². The van der Waals surface area contributed by atoms with Gasteiger partial charge in [-0.05, 0) is 36.5 Å². The molecule has 0 bridgehead atoms. The molecule has 2 aromatic carbocycles. The van der Waals surface area contributed by atoms with Gasteiger partial charge < -0.3 is 11.1 Å². The minimum Gasteiger partial charge on any atom is -0.375 e. The van der Waals surface area contributed by atoms with Gasteiger partial charge in [-0.25, -0.2) is 0 Å². The first-order valence-corrected chi connectivity index (χ1v) is 7.51. The highest BCUT2D eigenvalue weighted by atomic mass is 35.5. The number of nitrogens with zero attached hydrogens (tertiary/aromatic N) is 1. The summed E-state index contributed by atoms with van der Waals surface area (Å²) in [5.41, 5.74) is 10.2. The number of thiocarbonyl (C=S) groups is 2. The number of nitrogens with two attached hydrogens (primary N) is 1. The monoisotopic (exact) mass is 348 g/mol. The van der Waals surface area contributed by atoms with Gasteiger partial charge in [0.05, 0.1) is 0 Å². The van der Waals surface area contributed by atoms with Gasteiger partial charge in [0.2, 0.25) is 0 Å². The Morgan fingerprint density at radius 1 is 1.00 bits per heavy atom. The van der Waals surface area contributed by atoms with Crippen LogP contribution in [0.3, 0.4) is 0 Å². The van der Waals surface area contributed by atoms with Crippen LogP contribution in [-0.2, 0) is 0 Å². The SMILES string of the molecule is NC(=S)N/N=C(/C(=S)Nc1ccc(Cl)cc1)c1ccccc1. The number of hydrazone groups is 1. The van der Waals surface area contributed by atoms with Crippen molar-refractivity contribution in [1.29, 1.82) is 0 Å². The molecule has 0 aliphatic heterocycles. The van der Waals surface area contributed by atoms with Crippen molar-refractivity contribution in [2.45, 2.75) is 0 Å². The number of halogens is 1. The van der Waals surface area contributed by atoms with Crippen LogP contribution in [0.15, 0.2) is 59.7 Å². The molecule has 0 aromatic heterocycles. The normalized spacial score (nSPS) is 10.9. The van der Waals surface area contributed by atoms with Gasteiger partial charge >= 0.3 is 0 Å². The van der Waals surface area contributed by atoms with Crippen LogP contribution in [-0.4, -0.2) is 15.8 Å². The van der Waals surface area contributed by atoms with Crippen molar-refractivity contribution < 1.29 is 0 Å². The van der Waals surface area contributed by atoms with Gasteiger partial charge in [0.15, 0.2) is 5.11 Å². The van der Waals surface area contributed by atoms with E-state index in [1.807, 2.05) is 42.5 Å². The van der Waals surface area contributed by atoms with Crippen LogP contribution in [0.4, 0.5) is 5.69 Å². The van der Waals surface area contributed by atoms with Gasteiger partial charge in [-0.15, -0.1) is 0 Å². The summed E-state index contributed by atoms with van der Waals surface area (Å²) in [7, 11) is 0. The van der Waals surface area contributed by atoms with Crippen LogP contribution < -0.4 is 16.5 Å². The molecule has 0 fully saturated rings. The first-order chi connectivity index (χ1) is 10.6. The molecule has 0 radical (unpaired) electrons. The molecule has 0 aliphatic carbocycles. The van der Waals surface area contributed by atoms with Crippen molar-refractivity contribution in [3.05, 3.63) is 65.2 Å². The molecule has 0 heterocycles. The highest BCUT2D eigenvalue weighted by molar-refractivity contribution is 7.82. The molecule has 2 rings (SSSR count). The second kappa shape index (κ2) is 7.84. The number of hydrogen-bond acceptors (Lipinski definition) is 3. The van der Waals surface area contributed by atoms with Gasteiger partial charge in [0.25, 0.3) is 0 Å². The highest BCUT2D eigenvalue weighted by Crippen LogP contribution is 2.14. The Labute approximate surface area is 144 Å². The van der Waals surface area contributed by atoms with Crippen LogP contribution in [0.25, 0.3) is 0 Å². The van der Waals surface area contributed by atoms with Crippen LogP contribution in [0.5, 0.6) is 0 Å². The summed E-state index contributed by atoms with van der Waals surface area (Å²) in [6.45, 7) is 0. The lowest BCUT2D eigenvalue weighted by atomic mass is 10.1. The number of benzene rings is 2. The number of hydrogen-bond donors (Lipinski definition) is 3. The van der Waals surface area contributed by atoms with Crippen molar-refractivity contribution in [3.8, 4) is 0 Å². The van der Waals surface area contributed by atoms with Crippen molar-refractivity contribution in [2.24, 2.45) is 10.8 Å². The first kappa shape index (κ1) is 16.4. The molecule has 0 saturated heterocycles. The Bertz CT molecular complexity index is 699. The lowest BCUT2D eigenvalue weighted by Crippen LogP contribution is -2.29. The molecule has 0 spiro atoms. The van der Waals surface area contributed by atoms with Crippen LogP contribution in [0, 0.1) is 0 Å². The average molecular weight is 349 g/mol. The molecule has 0 amide bonds. The third-order valence-corrected chi connectivity index (χ3v) is 3.28. The van der Waals surface area contributed by atoms with E-state index in [4.69, 9.17) is 41.8 Å².